The lowest BCUT2D eigenvalue weighted by molar-refractivity contribution is -0.0208. The summed E-state index contributed by atoms with van der Waals surface area (Å²) in [5.41, 5.74) is 1.67. The predicted molar refractivity (Wildman–Crippen MR) is 90.5 cm³/mol. The summed E-state index contributed by atoms with van der Waals surface area (Å²) in [4.78, 5) is 12.7. The number of ketones is 1. The summed E-state index contributed by atoms with van der Waals surface area (Å²) >= 11 is 0. The number of aliphatic hydroxyl groups is 1. The van der Waals surface area contributed by atoms with Gasteiger partial charge in [-0.05, 0) is 73.5 Å². The molecule has 0 saturated heterocycles. The first-order valence-electron chi connectivity index (χ1n) is 9.16. The van der Waals surface area contributed by atoms with Gasteiger partial charge in [-0.1, -0.05) is 6.92 Å². The number of fused-ring (bicyclic) bond motifs is 5. The van der Waals surface area contributed by atoms with Crippen LogP contribution < -0.4 is 4.74 Å². The molecule has 0 aliphatic heterocycles. The second kappa shape index (κ2) is 5.48. The predicted octanol–water partition coefficient (Wildman–Crippen LogP) is 3.65. The Morgan fingerprint density at radius 2 is 2.08 bits per heavy atom. The van der Waals surface area contributed by atoms with Gasteiger partial charge in [0.15, 0.2) is 17.3 Å². The van der Waals surface area contributed by atoms with E-state index in [1.54, 1.807) is 6.07 Å². The molecule has 130 valence electrons. The Kier molecular flexibility index (Phi) is 3.64. The van der Waals surface area contributed by atoms with Crippen LogP contribution in [0.4, 0.5) is 0 Å². The van der Waals surface area contributed by atoms with Crippen molar-refractivity contribution in [2.45, 2.75) is 58.0 Å². The topological polar surface area (TPSA) is 66.8 Å². The van der Waals surface area contributed by atoms with Crippen LogP contribution in [0, 0.1) is 17.3 Å². The molecule has 0 heterocycles. The SMILES string of the molecule is CCOc1cc2c(cc1O)C(=O)CC1C2CC[C@@]2(C)C1CC[C@@H]2O. The molecule has 4 rings (SSSR count). The lowest BCUT2D eigenvalue weighted by Crippen LogP contribution is -2.44. The average molecular weight is 330 g/mol. The van der Waals surface area contributed by atoms with Crippen molar-refractivity contribution in [2.75, 3.05) is 6.61 Å². The molecule has 3 aliphatic rings. The normalized spacial score (nSPS) is 37.5. The quantitative estimate of drug-likeness (QED) is 0.868. The summed E-state index contributed by atoms with van der Waals surface area (Å²) < 4.78 is 5.54. The van der Waals surface area contributed by atoms with E-state index < -0.39 is 0 Å². The third-order valence-electron chi connectivity index (χ3n) is 6.94. The van der Waals surface area contributed by atoms with E-state index >= 15 is 0 Å². The highest BCUT2D eigenvalue weighted by molar-refractivity contribution is 5.99. The Morgan fingerprint density at radius 1 is 1.29 bits per heavy atom. The molecule has 0 aromatic heterocycles. The van der Waals surface area contributed by atoms with E-state index in [2.05, 4.69) is 6.92 Å². The molecule has 24 heavy (non-hydrogen) atoms. The van der Waals surface area contributed by atoms with Crippen LogP contribution in [0.5, 0.6) is 11.5 Å². The number of hydrogen-bond donors (Lipinski definition) is 2. The Hall–Kier alpha value is -1.55. The van der Waals surface area contributed by atoms with Gasteiger partial charge in [-0.25, -0.2) is 0 Å². The van der Waals surface area contributed by atoms with Gasteiger partial charge in [-0.3, -0.25) is 4.79 Å². The third kappa shape index (κ3) is 2.12. The number of Topliss-reactive ketones (excluding diaryl/α,β-unsaturated/α-hetero) is 1. The van der Waals surface area contributed by atoms with Crippen molar-refractivity contribution >= 4 is 5.78 Å². The summed E-state index contributed by atoms with van der Waals surface area (Å²) in [6.07, 6.45) is 4.16. The highest BCUT2D eigenvalue weighted by Crippen LogP contribution is 2.61. The van der Waals surface area contributed by atoms with E-state index in [0.717, 1.165) is 31.2 Å². The van der Waals surface area contributed by atoms with Crippen molar-refractivity contribution in [1.82, 2.24) is 0 Å². The number of carbonyl (C=O) groups is 1. The standard InChI is InChI=1S/C20H26O4/c1-3-24-18-10-12-11-6-7-20(2)15(4-5-19(20)23)13(11)8-16(21)14(12)9-17(18)22/h9-11,13,15,19,22-23H,3-8H2,1-2H3/t11?,13?,15?,19-,20-/m0/s1. The van der Waals surface area contributed by atoms with Gasteiger partial charge in [0.2, 0.25) is 0 Å². The molecule has 1 aromatic carbocycles. The first-order valence-corrected chi connectivity index (χ1v) is 9.16. The Labute approximate surface area is 142 Å². The maximum atomic E-state index is 12.7. The smallest absolute Gasteiger partial charge is 0.163 e. The van der Waals surface area contributed by atoms with Gasteiger partial charge < -0.3 is 14.9 Å². The molecule has 0 spiro atoms. The number of phenolic OH excluding ortho intramolecular Hbond substituents is 1. The van der Waals surface area contributed by atoms with E-state index in [0.29, 0.717) is 42.1 Å². The second-order valence-corrected chi connectivity index (χ2v) is 7.98. The number of aromatic hydroxyl groups is 1. The monoisotopic (exact) mass is 330 g/mol. The van der Waals surface area contributed by atoms with E-state index in [1.165, 1.54) is 0 Å². The summed E-state index contributed by atoms with van der Waals surface area (Å²) in [7, 11) is 0. The zero-order chi connectivity index (χ0) is 17.1. The van der Waals surface area contributed by atoms with Gasteiger partial charge >= 0.3 is 0 Å². The van der Waals surface area contributed by atoms with E-state index in [9.17, 15) is 15.0 Å². The van der Waals surface area contributed by atoms with E-state index in [1.807, 2.05) is 13.0 Å². The third-order valence-corrected chi connectivity index (χ3v) is 6.94. The number of rotatable bonds is 2. The molecule has 1 aromatic rings. The molecular weight excluding hydrogens is 304 g/mol. The first-order chi connectivity index (χ1) is 11.5. The maximum Gasteiger partial charge on any atom is 0.163 e. The molecule has 0 amide bonds. The minimum Gasteiger partial charge on any atom is -0.504 e. The molecule has 0 bridgehead atoms. The molecule has 2 saturated carbocycles. The number of hydrogen-bond acceptors (Lipinski definition) is 4. The van der Waals surface area contributed by atoms with Crippen molar-refractivity contribution in [3.8, 4) is 11.5 Å². The van der Waals surface area contributed by atoms with Gasteiger partial charge in [0, 0.05) is 12.0 Å². The van der Waals surface area contributed by atoms with Crippen LogP contribution in [0.25, 0.3) is 0 Å². The second-order valence-electron chi connectivity index (χ2n) is 7.98. The van der Waals surface area contributed by atoms with Gasteiger partial charge in [0.1, 0.15) is 0 Å². The number of benzene rings is 1. The van der Waals surface area contributed by atoms with Gasteiger partial charge in [0.05, 0.1) is 12.7 Å². The van der Waals surface area contributed by atoms with Crippen LogP contribution in [0.1, 0.15) is 67.8 Å². The fraction of sp³-hybridized carbons (Fsp3) is 0.650. The molecule has 0 radical (unpaired) electrons. The summed E-state index contributed by atoms with van der Waals surface area (Å²) in [6, 6.07) is 3.48. The minimum absolute atomic E-state index is 0.0430. The van der Waals surface area contributed by atoms with Crippen molar-refractivity contribution in [1.29, 1.82) is 0 Å². The number of ether oxygens (including phenoxy) is 1. The lowest BCUT2D eigenvalue weighted by Gasteiger charge is -2.49. The van der Waals surface area contributed by atoms with Crippen LogP contribution >= 0.6 is 0 Å². The molecule has 3 unspecified atom stereocenters. The number of carbonyl (C=O) groups excluding carboxylic acids is 1. The Balaban J connectivity index is 1.76. The minimum atomic E-state index is -0.237. The van der Waals surface area contributed by atoms with Gasteiger partial charge in [-0.15, -0.1) is 0 Å². The number of aliphatic hydroxyl groups excluding tert-OH is 1. The molecule has 4 heteroatoms. The number of phenols is 1. The summed E-state index contributed by atoms with van der Waals surface area (Å²) in [5.74, 6) is 1.70. The fourth-order valence-corrected chi connectivity index (χ4v) is 5.66. The first kappa shape index (κ1) is 15.9. The van der Waals surface area contributed by atoms with Crippen LogP contribution in [-0.4, -0.2) is 28.7 Å². The van der Waals surface area contributed by atoms with Crippen LogP contribution in [0.15, 0.2) is 12.1 Å². The fourth-order valence-electron chi connectivity index (χ4n) is 5.66. The molecule has 2 fully saturated rings. The van der Waals surface area contributed by atoms with Crippen molar-refractivity contribution in [2.24, 2.45) is 17.3 Å². The van der Waals surface area contributed by atoms with Crippen molar-refractivity contribution in [3.05, 3.63) is 23.3 Å². The van der Waals surface area contributed by atoms with Crippen LogP contribution in [-0.2, 0) is 0 Å². The summed E-state index contributed by atoms with van der Waals surface area (Å²) in [6.45, 7) is 4.58. The highest BCUT2D eigenvalue weighted by atomic mass is 16.5. The van der Waals surface area contributed by atoms with Crippen molar-refractivity contribution in [3.63, 3.8) is 0 Å². The van der Waals surface area contributed by atoms with Crippen molar-refractivity contribution < 1.29 is 19.7 Å². The molecule has 5 atom stereocenters. The Morgan fingerprint density at radius 3 is 2.83 bits per heavy atom. The van der Waals surface area contributed by atoms with E-state index in [-0.39, 0.29) is 23.1 Å². The zero-order valence-electron chi connectivity index (χ0n) is 14.4. The maximum absolute atomic E-state index is 12.7. The highest BCUT2D eigenvalue weighted by Gasteiger charge is 2.55. The molecule has 3 aliphatic carbocycles. The van der Waals surface area contributed by atoms with Crippen LogP contribution in [0.2, 0.25) is 0 Å². The van der Waals surface area contributed by atoms with Crippen LogP contribution in [0.3, 0.4) is 0 Å². The molecule has 2 N–H and O–H groups in total. The molecule has 4 nitrogen and oxygen atoms in total. The largest absolute Gasteiger partial charge is 0.504 e. The summed E-state index contributed by atoms with van der Waals surface area (Å²) in [5, 5.41) is 20.6. The molecular formula is C20H26O4. The van der Waals surface area contributed by atoms with E-state index in [4.69, 9.17) is 4.74 Å². The zero-order valence-corrected chi connectivity index (χ0v) is 14.4. The van der Waals surface area contributed by atoms with Gasteiger partial charge in [0.25, 0.3) is 0 Å². The Bertz CT molecular complexity index is 682. The lowest BCUT2D eigenvalue weighted by atomic mass is 9.55. The average Bonchev–Trinajstić information content (AvgIpc) is 2.85. The van der Waals surface area contributed by atoms with Gasteiger partial charge in [-0.2, -0.15) is 0 Å².